The molecule has 0 unspecified atom stereocenters. The molecule has 0 aliphatic rings. The fourth-order valence-corrected chi connectivity index (χ4v) is 2.26. The van der Waals surface area contributed by atoms with Gasteiger partial charge in [0.25, 0.3) is 0 Å². The summed E-state index contributed by atoms with van der Waals surface area (Å²) >= 11 is 12.2. The molecule has 1 rings (SSSR count). The average Bonchev–Trinajstić information content (AvgIpc) is 2.51. The molecule has 0 heterocycles. The van der Waals surface area contributed by atoms with Crippen molar-refractivity contribution in [1.82, 2.24) is 0 Å². The van der Waals surface area contributed by atoms with Gasteiger partial charge in [-0.1, -0.05) is 35.3 Å². The fourth-order valence-electron chi connectivity index (χ4n) is 1.86. The van der Waals surface area contributed by atoms with Crippen LogP contribution in [0.15, 0.2) is 24.0 Å². The molecule has 120 valence electrons. The van der Waals surface area contributed by atoms with Gasteiger partial charge in [-0.05, 0) is 26.8 Å². The molecule has 0 aliphatic heterocycles. The highest BCUT2D eigenvalue weighted by Gasteiger charge is 2.24. The third-order valence-electron chi connectivity index (χ3n) is 2.73. The van der Waals surface area contributed by atoms with Gasteiger partial charge in [0, 0.05) is 18.8 Å². The molecule has 0 fully saturated rings. The third kappa shape index (κ3) is 4.62. The number of hydrogen-bond donors (Lipinski definition) is 0. The molecule has 0 bridgehead atoms. The first-order valence-corrected chi connectivity index (χ1v) is 7.80. The minimum atomic E-state index is -0.764. The first-order chi connectivity index (χ1) is 10.6. The Hall–Kier alpha value is -1.25. The van der Waals surface area contributed by atoms with Crippen molar-refractivity contribution in [1.29, 1.82) is 5.26 Å². The summed E-state index contributed by atoms with van der Waals surface area (Å²) in [5, 5.41) is 10.2. The van der Waals surface area contributed by atoms with Crippen molar-refractivity contribution in [3.8, 4) is 6.07 Å². The lowest BCUT2D eigenvalue weighted by Crippen LogP contribution is -2.23. The van der Waals surface area contributed by atoms with E-state index in [1.54, 1.807) is 18.2 Å². The van der Waals surface area contributed by atoms with Gasteiger partial charge >= 0.3 is 0 Å². The molecule has 0 saturated carbocycles. The molecule has 0 atom stereocenters. The van der Waals surface area contributed by atoms with Crippen molar-refractivity contribution in [2.24, 2.45) is 0 Å². The number of halogens is 2. The molecule has 0 spiro atoms. The summed E-state index contributed by atoms with van der Waals surface area (Å²) < 4.78 is 16.7. The van der Waals surface area contributed by atoms with Crippen LogP contribution in [-0.4, -0.2) is 26.1 Å². The topological polar surface area (TPSA) is 51.5 Å². The van der Waals surface area contributed by atoms with E-state index in [0.717, 1.165) is 0 Å². The van der Waals surface area contributed by atoms with Gasteiger partial charge in [-0.25, -0.2) is 0 Å². The Labute approximate surface area is 141 Å². The van der Waals surface area contributed by atoms with Crippen molar-refractivity contribution in [3.05, 3.63) is 39.6 Å². The van der Waals surface area contributed by atoms with Crippen LogP contribution in [0.25, 0.3) is 5.57 Å². The number of benzene rings is 1. The zero-order valence-electron chi connectivity index (χ0n) is 12.9. The maximum atomic E-state index is 9.58. The molecule has 0 aromatic heterocycles. The minimum Gasteiger partial charge on any atom is -0.491 e. The first kappa shape index (κ1) is 18.8. The lowest BCUT2D eigenvalue weighted by atomic mass is 10.1. The Morgan fingerprint density at radius 1 is 1.14 bits per heavy atom. The first-order valence-electron chi connectivity index (χ1n) is 7.05. The number of ether oxygens (including phenoxy) is 3. The summed E-state index contributed by atoms with van der Waals surface area (Å²) in [6, 6.07) is 7.21. The molecule has 0 amide bonds. The van der Waals surface area contributed by atoms with E-state index in [-0.39, 0.29) is 5.57 Å². The number of nitrogens with zero attached hydrogens (tertiary/aromatic N) is 1. The van der Waals surface area contributed by atoms with Crippen LogP contribution in [0.2, 0.25) is 10.0 Å². The predicted molar refractivity (Wildman–Crippen MR) is 87.7 cm³/mol. The van der Waals surface area contributed by atoms with Crippen LogP contribution >= 0.6 is 23.2 Å². The second-order valence-electron chi connectivity index (χ2n) is 4.13. The highest BCUT2D eigenvalue weighted by atomic mass is 35.5. The molecule has 1 aromatic carbocycles. The SMILES string of the molecule is CCOC(=C(C#N)c1cccc(Cl)c1Cl)C(OCC)OCC. The highest BCUT2D eigenvalue weighted by molar-refractivity contribution is 6.43. The number of allylic oxidation sites excluding steroid dienone is 1. The van der Waals surface area contributed by atoms with Gasteiger partial charge in [-0.2, -0.15) is 5.26 Å². The predicted octanol–water partition coefficient (Wildman–Crippen LogP) is 4.66. The largest absolute Gasteiger partial charge is 0.491 e. The fraction of sp³-hybridized carbons (Fsp3) is 0.438. The number of hydrogen-bond acceptors (Lipinski definition) is 4. The van der Waals surface area contributed by atoms with E-state index in [2.05, 4.69) is 6.07 Å². The third-order valence-corrected chi connectivity index (χ3v) is 3.55. The van der Waals surface area contributed by atoms with E-state index in [4.69, 9.17) is 37.4 Å². The lowest BCUT2D eigenvalue weighted by Gasteiger charge is -2.22. The van der Waals surface area contributed by atoms with Crippen LogP contribution in [0.1, 0.15) is 26.3 Å². The summed E-state index contributed by atoms with van der Waals surface area (Å²) in [4.78, 5) is 0. The molecule has 1 aromatic rings. The van der Waals surface area contributed by atoms with Crippen molar-refractivity contribution in [3.63, 3.8) is 0 Å². The van der Waals surface area contributed by atoms with Crippen molar-refractivity contribution in [2.75, 3.05) is 19.8 Å². The zero-order valence-corrected chi connectivity index (χ0v) is 14.4. The van der Waals surface area contributed by atoms with E-state index < -0.39 is 6.29 Å². The maximum absolute atomic E-state index is 9.58. The minimum absolute atomic E-state index is 0.251. The average molecular weight is 344 g/mol. The van der Waals surface area contributed by atoms with Crippen LogP contribution in [-0.2, 0) is 14.2 Å². The summed E-state index contributed by atoms with van der Waals surface area (Å²) in [6.45, 7) is 6.72. The summed E-state index contributed by atoms with van der Waals surface area (Å²) in [6.07, 6.45) is -0.764. The molecule has 0 aliphatic carbocycles. The van der Waals surface area contributed by atoms with Gasteiger partial charge in [0.15, 0.2) is 5.76 Å². The Bertz CT molecular complexity index is 561. The zero-order chi connectivity index (χ0) is 16.5. The van der Waals surface area contributed by atoms with Gasteiger partial charge in [0.1, 0.15) is 11.6 Å². The standard InChI is InChI=1S/C16H19Cl2NO3/c1-4-20-15(16(21-5-2)22-6-3)12(10-19)11-8-7-9-13(17)14(11)18/h7-9,16H,4-6H2,1-3H3. The second kappa shape index (κ2) is 9.70. The Morgan fingerprint density at radius 3 is 2.27 bits per heavy atom. The smallest absolute Gasteiger partial charge is 0.218 e. The Balaban J connectivity index is 3.45. The van der Waals surface area contributed by atoms with E-state index in [1.807, 2.05) is 20.8 Å². The van der Waals surface area contributed by atoms with Gasteiger partial charge in [0.05, 0.1) is 16.7 Å². The van der Waals surface area contributed by atoms with Crippen LogP contribution in [0.4, 0.5) is 0 Å². The summed E-state index contributed by atoms with van der Waals surface area (Å²) in [5.41, 5.74) is 0.741. The lowest BCUT2D eigenvalue weighted by molar-refractivity contribution is -0.135. The van der Waals surface area contributed by atoms with E-state index >= 15 is 0 Å². The molecule has 0 radical (unpaired) electrons. The quantitative estimate of drug-likeness (QED) is 0.391. The number of rotatable bonds is 8. The second-order valence-corrected chi connectivity index (χ2v) is 4.91. The molecular formula is C16H19Cl2NO3. The van der Waals surface area contributed by atoms with E-state index in [1.165, 1.54) is 0 Å². The maximum Gasteiger partial charge on any atom is 0.218 e. The van der Waals surface area contributed by atoms with Gasteiger partial charge in [-0.15, -0.1) is 0 Å². The molecule has 6 heteroatoms. The van der Waals surface area contributed by atoms with Crippen LogP contribution in [0, 0.1) is 11.3 Å². The summed E-state index contributed by atoms with van der Waals surface area (Å²) in [7, 11) is 0. The normalized spacial score (nSPS) is 12.0. The Morgan fingerprint density at radius 2 is 1.77 bits per heavy atom. The van der Waals surface area contributed by atoms with E-state index in [0.29, 0.717) is 41.2 Å². The van der Waals surface area contributed by atoms with Crippen molar-refractivity contribution >= 4 is 28.8 Å². The monoisotopic (exact) mass is 343 g/mol. The van der Waals surface area contributed by atoms with Gasteiger partial charge in [-0.3, -0.25) is 0 Å². The molecule has 22 heavy (non-hydrogen) atoms. The molecule has 4 nitrogen and oxygen atoms in total. The van der Waals surface area contributed by atoms with Crippen LogP contribution < -0.4 is 0 Å². The van der Waals surface area contributed by atoms with Crippen molar-refractivity contribution in [2.45, 2.75) is 27.1 Å². The van der Waals surface area contributed by atoms with Crippen molar-refractivity contribution < 1.29 is 14.2 Å². The van der Waals surface area contributed by atoms with Gasteiger partial charge < -0.3 is 14.2 Å². The molecular weight excluding hydrogens is 325 g/mol. The van der Waals surface area contributed by atoms with Crippen LogP contribution in [0.3, 0.4) is 0 Å². The highest BCUT2D eigenvalue weighted by Crippen LogP contribution is 2.33. The molecule has 0 N–H and O–H groups in total. The number of nitriles is 1. The van der Waals surface area contributed by atoms with Crippen LogP contribution in [0.5, 0.6) is 0 Å². The summed E-state index contributed by atoms with van der Waals surface area (Å²) in [5.74, 6) is 0.304. The van der Waals surface area contributed by atoms with Gasteiger partial charge in [0.2, 0.25) is 6.29 Å². The Kier molecular flexibility index (Phi) is 8.29. The molecule has 0 saturated heterocycles. The van der Waals surface area contributed by atoms with E-state index in [9.17, 15) is 5.26 Å².